The zero-order chi connectivity index (χ0) is 26.7. The van der Waals surface area contributed by atoms with Gasteiger partial charge in [0.15, 0.2) is 0 Å². The van der Waals surface area contributed by atoms with Gasteiger partial charge in [0.1, 0.15) is 0 Å². The third kappa shape index (κ3) is 2.81. The largest absolute Gasteiger partial charge is 0.514 e. The maximum Gasteiger partial charge on any atom is 0.514 e. The summed E-state index contributed by atoms with van der Waals surface area (Å²) in [6.45, 7) is -0.271. The lowest BCUT2D eigenvalue weighted by atomic mass is 9.84. The molecule has 0 N–H and O–H groups in total. The van der Waals surface area contributed by atoms with Gasteiger partial charge in [-0.3, -0.25) is 4.98 Å². The van der Waals surface area contributed by atoms with E-state index < -0.39 is 74.4 Å². The van der Waals surface area contributed by atoms with Crippen molar-refractivity contribution in [1.82, 2.24) is 4.98 Å². The molecule has 21 heavy (non-hydrogen) atoms. The predicted octanol–water partition coefficient (Wildman–Crippen LogP) is 2.37. The van der Waals surface area contributed by atoms with Crippen LogP contribution in [0.2, 0.25) is 0 Å². The molecule has 0 spiro atoms. The maximum atomic E-state index is 8.41. The van der Waals surface area contributed by atoms with Crippen molar-refractivity contribution in [1.29, 1.82) is 0 Å². The molecule has 0 radical (unpaired) electrons. The molecule has 0 bridgehead atoms. The third-order valence-corrected chi connectivity index (χ3v) is 3.75. The van der Waals surface area contributed by atoms with Gasteiger partial charge in [0.05, 0.1) is 26.6 Å². The van der Waals surface area contributed by atoms with Crippen LogP contribution in [-0.2, 0) is 9.31 Å². The van der Waals surface area contributed by atoms with E-state index in [-0.39, 0.29) is 10.5 Å². The van der Waals surface area contributed by atoms with Crippen LogP contribution in [0.3, 0.4) is 0 Å². The Morgan fingerprint density at radius 1 is 1.14 bits per heavy atom. The van der Waals surface area contributed by atoms with E-state index >= 15 is 0 Å². The van der Waals surface area contributed by atoms with Gasteiger partial charge in [-0.15, -0.1) is 0 Å². The molecule has 3 rings (SSSR count). The fraction of sp³-hybridized carbons (Fsp3) is 0.688. The highest BCUT2D eigenvalue weighted by Crippen LogP contribution is 2.36. The summed E-state index contributed by atoms with van der Waals surface area (Å²) in [6.07, 6.45) is -11.9. The lowest BCUT2D eigenvalue weighted by Gasteiger charge is -2.32. The van der Waals surface area contributed by atoms with E-state index in [1.807, 2.05) is 0 Å². The van der Waals surface area contributed by atoms with Gasteiger partial charge in [-0.1, -0.05) is 0 Å². The second kappa shape index (κ2) is 5.29. The molecule has 1 aromatic heterocycles. The minimum absolute atomic E-state index is 0.120. The standard InChI is InChI=1S/C16H25BN2O2/c1-15(2)16(3,4)21-17(20-15)14-9-8-13(12-18-14)19-10-6-5-7-11-19/h8-9,12H,5-7,10-11H2,1-4H3/i5D2,6D2,7D2,8D,9D,10D2,11D2,12D. The Hall–Kier alpha value is -1.07. The molecule has 3 heterocycles. The predicted molar refractivity (Wildman–Crippen MR) is 86.0 cm³/mol. The second-order valence-electron chi connectivity index (χ2n) is 5.73. The summed E-state index contributed by atoms with van der Waals surface area (Å²) in [6, 6.07) is -1.66. The fourth-order valence-corrected chi connectivity index (χ4v) is 1.80. The number of rotatable bonds is 2. The van der Waals surface area contributed by atoms with Gasteiger partial charge in [0, 0.05) is 32.9 Å². The molecular formula is C16H25BN2O2. The highest BCUT2D eigenvalue weighted by atomic mass is 16.7. The summed E-state index contributed by atoms with van der Waals surface area (Å²) in [4.78, 5) is 3.76. The van der Waals surface area contributed by atoms with Crippen LogP contribution in [0.15, 0.2) is 18.3 Å². The van der Waals surface area contributed by atoms with Crippen molar-refractivity contribution in [2.24, 2.45) is 0 Å². The van der Waals surface area contributed by atoms with E-state index in [4.69, 9.17) is 27.1 Å². The van der Waals surface area contributed by atoms with Crippen molar-refractivity contribution in [3.05, 3.63) is 18.3 Å². The number of anilines is 1. The van der Waals surface area contributed by atoms with Crippen LogP contribution in [0.25, 0.3) is 0 Å². The highest BCUT2D eigenvalue weighted by molar-refractivity contribution is 6.61. The molecule has 2 saturated heterocycles. The minimum Gasteiger partial charge on any atom is -0.398 e. The Labute approximate surface area is 146 Å². The van der Waals surface area contributed by atoms with E-state index in [0.29, 0.717) is 0 Å². The Balaban J connectivity index is 2.25. The molecule has 2 fully saturated rings. The Kier molecular flexibility index (Phi) is 1.47. The zero-order valence-electron chi connectivity index (χ0n) is 25.3. The van der Waals surface area contributed by atoms with Crippen molar-refractivity contribution >= 4 is 18.4 Å². The summed E-state index contributed by atoms with van der Waals surface area (Å²) in [7, 11) is -1.28. The molecular weight excluding hydrogens is 263 g/mol. The molecule has 0 aliphatic carbocycles. The SMILES string of the molecule is [2H]c1nc(B2OC(C)(C)C(C)(C)O2)c([2H])c([2H])c1N1C([2H])([2H])C([2H])([2H])C([2H])([2H])C([2H])([2H])C1([2H])[2H]. The van der Waals surface area contributed by atoms with E-state index in [1.54, 1.807) is 27.7 Å². The van der Waals surface area contributed by atoms with Crippen LogP contribution >= 0.6 is 0 Å². The highest BCUT2D eigenvalue weighted by Gasteiger charge is 2.52. The molecule has 0 unspecified atom stereocenters. The normalized spacial score (nSPS) is 45.4. The van der Waals surface area contributed by atoms with Gasteiger partial charge < -0.3 is 14.2 Å². The molecule has 5 heteroatoms. The van der Waals surface area contributed by atoms with Crippen LogP contribution in [0.4, 0.5) is 5.69 Å². The number of piperidine rings is 1. The van der Waals surface area contributed by atoms with Crippen molar-refractivity contribution < 1.29 is 27.1 Å². The Bertz CT molecular complexity index is 985. The van der Waals surface area contributed by atoms with E-state index in [1.165, 1.54) is 0 Å². The molecule has 2 aliphatic rings. The number of aromatic nitrogens is 1. The summed E-state index contributed by atoms with van der Waals surface area (Å²) in [5.74, 6) is 0. The van der Waals surface area contributed by atoms with Crippen molar-refractivity contribution in [3.63, 3.8) is 0 Å². The molecule has 114 valence electrons. The van der Waals surface area contributed by atoms with E-state index in [0.717, 1.165) is 0 Å². The topological polar surface area (TPSA) is 34.6 Å². The average molecular weight is 301 g/mol. The lowest BCUT2D eigenvalue weighted by Crippen LogP contribution is -2.41. The van der Waals surface area contributed by atoms with Gasteiger partial charge in [-0.05, 0) is 58.9 Å². The first-order valence-corrected chi connectivity index (χ1v) is 6.54. The molecule has 0 aromatic carbocycles. The van der Waals surface area contributed by atoms with E-state index in [2.05, 4.69) is 4.98 Å². The summed E-state index contributed by atoms with van der Waals surface area (Å²) >= 11 is 0. The fourth-order valence-electron chi connectivity index (χ4n) is 1.80. The van der Waals surface area contributed by atoms with Gasteiger partial charge in [-0.2, -0.15) is 0 Å². The molecule has 0 amide bonds. The number of pyridine rings is 1. The summed E-state index contributed by atoms with van der Waals surface area (Å²) in [5, 5.41) is 0. The monoisotopic (exact) mass is 301 g/mol. The molecule has 0 atom stereocenters. The van der Waals surface area contributed by atoms with Crippen LogP contribution in [0, 0.1) is 0 Å². The van der Waals surface area contributed by atoms with Gasteiger partial charge in [0.25, 0.3) is 0 Å². The van der Waals surface area contributed by atoms with Crippen LogP contribution in [-0.4, -0.2) is 36.3 Å². The number of hydrogen-bond donors (Lipinski definition) is 0. The Morgan fingerprint density at radius 3 is 2.38 bits per heavy atom. The number of nitrogens with zero attached hydrogens (tertiary/aromatic N) is 2. The average Bonchev–Trinajstić information content (AvgIpc) is 2.86. The molecule has 0 saturated carbocycles. The minimum atomic E-state index is -3.65. The van der Waals surface area contributed by atoms with Gasteiger partial charge in [0.2, 0.25) is 0 Å². The molecule has 2 aliphatic heterocycles. The molecule has 4 nitrogen and oxygen atoms in total. The van der Waals surface area contributed by atoms with Gasteiger partial charge >= 0.3 is 7.12 Å². The van der Waals surface area contributed by atoms with E-state index in [9.17, 15) is 0 Å². The first kappa shape index (κ1) is 5.86. The van der Waals surface area contributed by atoms with Crippen molar-refractivity contribution in [2.75, 3.05) is 17.9 Å². The summed E-state index contributed by atoms with van der Waals surface area (Å²) in [5.41, 5.74) is -3.01. The van der Waals surface area contributed by atoms with Crippen molar-refractivity contribution in [2.45, 2.75) is 58.0 Å². The Morgan fingerprint density at radius 2 is 1.76 bits per heavy atom. The summed E-state index contributed by atoms with van der Waals surface area (Å²) < 4.78 is 118. The first-order valence-electron chi connectivity index (χ1n) is 13.0. The number of hydrogen-bond acceptors (Lipinski definition) is 4. The van der Waals surface area contributed by atoms with Gasteiger partial charge in [-0.25, -0.2) is 0 Å². The van der Waals surface area contributed by atoms with Crippen LogP contribution < -0.4 is 10.5 Å². The zero-order valence-corrected chi connectivity index (χ0v) is 12.3. The van der Waals surface area contributed by atoms with Crippen LogP contribution in [0.5, 0.6) is 0 Å². The maximum absolute atomic E-state index is 8.41. The van der Waals surface area contributed by atoms with Crippen LogP contribution in [0.1, 0.15) is 64.6 Å². The second-order valence-corrected chi connectivity index (χ2v) is 5.73. The molecule has 1 aromatic rings. The van der Waals surface area contributed by atoms with Crippen molar-refractivity contribution in [3.8, 4) is 0 Å². The third-order valence-electron chi connectivity index (χ3n) is 3.75. The smallest absolute Gasteiger partial charge is 0.398 e. The first-order chi connectivity index (χ1) is 14.9. The lowest BCUT2D eigenvalue weighted by molar-refractivity contribution is 0.00578. The quantitative estimate of drug-likeness (QED) is 0.786.